The van der Waals surface area contributed by atoms with E-state index in [0.29, 0.717) is 24.6 Å². The molecule has 0 aliphatic carbocycles. The maximum absolute atomic E-state index is 11.2. The Morgan fingerprint density at radius 3 is 3.06 bits per heavy atom. The van der Waals surface area contributed by atoms with E-state index in [-0.39, 0.29) is 0 Å². The summed E-state index contributed by atoms with van der Waals surface area (Å²) >= 11 is 0. The lowest BCUT2D eigenvalue weighted by Crippen LogP contribution is -2.36. The first-order chi connectivity index (χ1) is 8.75. The van der Waals surface area contributed by atoms with Gasteiger partial charge in [0.15, 0.2) is 0 Å². The third kappa shape index (κ3) is 1.67. The van der Waals surface area contributed by atoms with Crippen molar-refractivity contribution in [3.63, 3.8) is 0 Å². The molecule has 0 radical (unpaired) electrons. The average molecular weight is 245 g/mol. The lowest BCUT2D eigenvalue weighted by molar-refractivity contribution is 0.196. The molecule has 1 aromatic heterocycles. The molecule has 3 rings (SSSR count). The molecule has 1 aromatic carbocycles. The number of benzene rings is 1. The standard InChI is InChI=1S/C12H11N3O3/c16-12(17)14-6-7-18-11-3-2-9(8-10(11)14)15-5-1-4-13-15/h1-5,8H,6-7H2,(H,16,17). The second-order valence-corrected chi connectivity index (χ2v) is 3.89. The normalized spacial score (nSPS) is 13.9. The molecule has 1 aliphatic rings. The van der Waals surface area contributed by atoms with Crippen molar-refractivity contribution in [1.82, 2.24) is 9.78 Å². The van der Waals surface area contributed by atoms with Crippen LogP contribution in [-0.4, -0.2) is 34.1 Å². The fourth-order valence-electron chi connectivity index (χ4n) is 1.97. The van der Waals surface area contributed by atoms with Crippen molar-refractivity contribution < 1.29 is 14.6 Å². The molecule has 0 saturated heterocycles. The van der Waals surface area contributed by atoms with Crippen LogP contribution in [0.5, 0.6) is 5.75 Å². The highest BCUT2D eigenvalue weighted by molar-refractivity contribution is 5.89. The molecule has 0 bridgehead atoms. The highest BCUT2D eigenvalue weighted by Crippen LogP contribution is 2.33. The maximum atomic E-state index is 11.2. The summed E-state index contributed by atoms with van der Waals surface area (Å²) in [7, 11) is 0. The van der Waals surface area contributed by atoms with Crippen LogP contribution in [0, 0.1) is 0 Å². The van der Waals surface area contributed by atoms with Crippen molar-refractivity contribution in [3.8, 4) is 11.4 Å². The molecule has 6 heteroatoms. The zero-order chi connectivity index (χ0) is 12.5. The van der Waals surface area contributed by atoms with E-state index >= 15 is 0 Å². The predicted octanol–water partition coefficient (Wildman–Crippen LogP) is 1.75. The number of fused-ring (bicyclic) bond motifs is 1. The molecule has 0 unspecified atom stereocenters. The highest BCUT2D eigenvalue weighted by atomic mass is 16.5. The average Bonchev–Trinajstić information content (AvgIpc) is 2.91. The molecule has 0 atom stereocenters. The van der Waals surface area contributed by atoms with Crippen molar-refractivity contribution in [2.24, 2.45) is 0 Å². The van der Waals surface area contributed by atoms with E-state index < -0.39 is 6.09 Å². The summed E-state index contributed by atoms with van der Waals surface area (Å²) in [5.41, 5.74) is 1.36. The van der Waals surface area contributed by atoms with Gasteiger partial charge in [0.1, 0.15) is 12.4 Å². The van der Waals surface area contributed by atoms with Crippen molar-refractivity contribution in [2.75, 3.05) is 18.1 Å². The largest absolute Gasteiger partial charge is 0.490 e. The second-order valence-electron chi connectivity index (χ2n) is 3.89. The summed E-state index contributed by atoms with van der Waals surface area (Å²) in [6.07, 6.45) is 2.50. The van der Waals surface area contributed by atoms with Gasteiger partial charge in [-0.25, -0.2) is 9.48 Å². The summed E-state index contributed by atoms with van der Waals surface area (Å²) in [5.74, 6) is 0.583. The number of ether oxygens (including phenoxy) is 1. The summed E-state index contributed by atoms with van der Waals surface area (Å²) in [6.45, 7) is 0.714. The van der Waals surface area contributed by atoms with Gasteiger partial charge in [-0.3, -0.25) is 4.90 Å². The summed E-state index contributed by atoms with van der Waals surface area (Å²) in [5, 5.41) is 13.3. The van der Waals surface area contributed by atoms with E-state index in [1.807, 2.05) is 12.1 Å². The quantitative estimate of drug-likeness (QED) is 0.831. The van der Waals surface area contributed by atoms with E-state index in [1.165, 1.54) is 4.90 Å². The van der Waals surface area contributed by atoms with E-state index in [4.69, 9.17) is 9.84 Å². The van der Waals surface area contributed by atoms with Crippen LogP contribution < -0.4 is 9.64 Å². The monoisotopic (exact) mass is 245 g/mol. The molecule has 6 nitrogen and oxygen atoms in total. The topological polar surface area (TPSA) is 67.6 Å². The first-order valence-electron chi connectivity index (χ1n) is 5.53. The van der Waals surface area contributed by atoms with E-state index in [1.54, 1.807) is 29.2 Å². The first kappa shape index (κ1) is 10.6. The molecule has 0 fully saturated rings. The molecule has 0 saturated carbocycles. The number of aromatic nitrogens is 2. The Labute approximate surface area is 103 Å². The van der Waals surface area contributed by atoms with Crippen LogP contribution in [0.25, 0.3) is 5.69 Å². The van der Waals surface area contributed by atoms with Crippen molar-refractivity contribution >= 4 is 11.8 Å². The van der Waals surface area contributed by atoms with Gasteiger partial charge in [-0.15, -0.1) is 0 Å². The van der Waals surface area contributed by atoms with Gasteiger partial charge in [-0.2, -0.15) is 5.10 Å². The smallest absolute Gasteiger partial charge is 0.412 e. The number of hydrogen-bond acceptors (Lipinski definition) is 3. The van der Waals surface area contributed by atoms with E-state index in [2.05, 4.69) is 5.10 Å². The predicted molar refractivity (Wildman–Crippen MR) is 64.4 cm³/mol. The van der Waals surface area contributed by atoms with Gasteiger partial charge in [-0.05, 0) is 24.3 Å². The Morgan fingerprint density at radius 1 is 1.44 bits per heavy atom. The highest BCUT2D eigenvalue weighted by Gasteiger charge is 2.23. The molecule has 1 N–H and O–H groups in total. The molecule has 0 spiro atoms. The molecular weight excluding hydrogens is 234 g/mol. The molecule has 18 heavy (non-hydrogen) atoms. The minimum Gasteiger partial charge on any atom is -0.490 e. The van der Waals surface area contributed by atoms with Crippen molar-refractivity contribution in [2.45, 2.75) is 0 Å². The zero-order valence-corrected chi connectivity index (χ0v) is 9.48. The molecule has 2 heterocycles. The Kier molecular flexibility index (Phi) is 2.40. The minimum atomic E-state index is -0.975. The number of anilines is 1. The minimum absolute atomic E-state index is 0.338. The molecule has 1 amide bonds. The SMILES string of the molecule is O=C(O)N1CCOc2ccc(-n3cccn3)cc21. The van der Waals surface area contributed by atoms with E-state index in [0.717, 1.165) is 5.69 Å². The molecule has 92 valence electrons. The van der Waals surface area contributed by atoms with Crippen molar-refractivity contribution in [1.29, 1.82) is 0 Å². The molecule has 2 aromatic rings. The van der Waals surface area contributed by atoms with Crippen LogP contribution >= 0.6 is 0 Å². The third-order valence-corrected chi connectivity index (χ3v) is 2.81. The van der Waals surface area contributed by atoms with E-state index in [9.17, 15) is 4.79 Å². The third-order valence-electron chi connectivity index (χ3n) is 2.81. The Balaban J connectivity index is 2.07. The van der Waals surface area contributed by atoms with Crippen LogP contribution in [0.2, 0.25) is 0 Å². The van der Waals surface area contributed by atoms with Gasteiger partial charge in [0.2, 0.25) is 0 Å². The molecule has 1 aliphatic heterocycles. The van der Waals surface area contributed by atoms with Gasteiger partial charge in [0.25, 0.3) is 0 Å². The Hall–Kier alpha value is -2.50. The number of carboxylic acid groups (broad SMARTS) is 1. The van der Waals surface area contributed by atoms with Crippen LogP contribution in [-0.2, 0) is 0 Å². The lowest BCUT2D eigenvalue weighted by Gasteiger charge is -2.27. The van der Waals surface area contributed by atoms with Crippen LogP contribution in [0.4, 0.5) is 10.5 Å². The van der Waals surface area contributed by atoms with Crippen LogP contribution in [0.15, 0.2) is 36.7 Å². The van der Waals surface area contributed by atoms with Gasteiger partial charge < -0.3 is 9.84 Å². The summed E-state index contributed by atoms with van der Waals surface area (Å²) in [4.78, 5) is 12.4. The fourth-order valence-corrected chi connectivity index (χ4v) is 1.97. The number of rotatable bonds is 1. The van der Waals surface area contributed by atoms with Crippen molar-refractivity contribution in [3.05, 3.63) is 36.7 Å². The maximum Gasteiger partial charge on any atom is 0.412 e. The number of nitrogens with zero attached hydrogens (tertiary/aromatic N) is 3. The van der Waals surface area contributed by atoms with Gasteiger partial charge in [-0.1, -0.05) is 0 Å². The van der Waals surface area contributed by atoms with Crippen LogP contribution in [0.3, 0.4) is 0 Å². The Bertz CT molecular complexity index is 580. The number of hydrogen-bond donors (Lipinski definition) is 1. The van der Waals surface area contributed by atoms with Gasteiger partial charge in [0.05, 0.1) is 17.9 Å². The summed E-state index contributed by atoms with van der Waals surface area (Å²) < 4.78 is 7.12. The first-order valence-corrected chi connectivity index (χ1v) is 5.53. The Morgan fingerprint density at radius 2 is 2.33 bits per heavy atom. The van der Waals surface area contributed by atoms with Gasteiger partial charge in [0, 0.05) is 12.4 Å². The fraction of sp³-hybridized carbons (Fsp3) is 0.167. The number of amides is 1. The lowest BCUT2D eigenvalue weighted by atomic mass is 10.2. The summed E-state index contributed by atoms with van der Waals surface area (Å²) in [6, 6.07) is 7.18. The van der Waals surface area contributed by atoms with Crippen LogP contribution in [0.1, 0.15) is 0 Å². The second kappa shape index (κ2) is 4.06. The van der Waals surface area contributed by atoms with Gasteiger partial charge >= 0.3 is 6.09 Å². The number of carbonyl (C=O) groups is 1. The molecular formula is C12H11N3O3. The zero-order valence-electron chi connectivity index (χ0n) is 9.48.